The molecule has 0 saturated carbocycles. The molecule has 10 nitrogen and oxygen atoms in total. The molecular formula is C30H32FN5O5. The molecular weight excluding hydrogens is 529 g/mol. The number of imide groups is 2. The van der Waals surface area contributed by atoms with Crippen LogP contribution < -0.4 is 10.6 Å². The highest BCUT2D eigenvalue weighted by Crippen LogP contribution is 2.41. The maximum absolute atomic E-state index is 15.1. The molecule has 1 unspecified atom stereocenters. The molecule has 5 amide bonds. The maximum Gasteiger partial charge on any atom is 0.264 e. The molecule has 3 saturated heterocycles. The molecule has 2 N–H and O–H groups in total. The van der Waals surface area contributed by atoms with Crippen molar-refractivity contribution in [2.24, 2.45) is 5.41 Å². The number of carbonyl (C=O) groups is 5. The van der Waals surface area contributed by atoms with Gasteiger partial charge in [0.1, 0.15) is 11.9 Å². The molecule has 0 aromatic heterocycles. The maximum atomic E-state index is 15.1. The second-order valence-electron chi connectivity index (χ2n) is 11.5. The Morgan fingerprint density at radius 2 is 1.76 bits per heavy atom. The van der Waals surface area contributed by atoms with E-state index in [9.17, 15) is 24.0 Å². The summed E-state index contributed by atoms with van der Waals surface area (Å²) in [6.07, 6.45) is 2.67. The minimum absolute atomic E-state index is 0.0417. The fourth-order valence-electron chi connectivity index (χ4n) is 6.54. The van der Waals surface area contributed by atoms with Crippen LogP contribution in [0.1, 0.15) is 63.9 Å². The molecule has 0 aliphatic carbocycles. The highest BCUT2D eigenvalue weighted by molar-refractivity contribution is 6.25. The van der Waals surface area contributed by atoms with Crippen LogP contribution in [0.3, 0.4) is 0 Å². The first-order chi connectivity index (χ1) is 19.7. The van der Waals surface area contributed by atoms with Gasteiger partial charge in [-0.1, -0.05) is 18.2 Å². The van der Waals surface area contributed by atoms with Crippen molar-refractivity contribution in [1.29, 1.82) is 0 Å². The van der Waals surface area contributed by atoms with Gasteiger partial charge >= 0.3 is 0 Å². The third-order valence-electron chi connectivity index (χ3n) is 9.00. The smallest absolute Gasteiger partial charge is 0.264 e. The highest BCUT2D eigenvalue weighted by Gasteiger charge is 2.47. The lowest BCUT2D eigenvalue weighted by Crippen LogP contribution is -2.54. The van der Waals surface area contributed by atoms with E-state index in [1.807, 2.05) is 18.0 Å². The monoisotopic (exact) mass is 561 g/mol. The van der Waals surface area contributed by atoms with Gasteiger partial charge in [0, 0.05) is 44.4 Å². The van der Waals surface area contributed by atoms with Gasteiger partial charge in [-0.3, -0.25) is 39.1 Å². The summed E-state index contributed by atoms with van der Waals surface area (Å²) in [6, 6.07) is 8.84. The number of benzene rings is 2. The Kier molecular flexibility index (Phi) is 6.85. The number of fused-ring (bicyclic) bond motifs is 1. The van der Waals surface area contributed by atoms with Crippen molar-refractivity contribution in [3.63, 3.8) is 0 Å². The number of likely N-dealkylation sites (tertiary alicyclic amines) is 2. The minimum Gasteiger partial charge on any atom is -0.380 e. The van der Waals surface area contributed by atoms with Crippen LogP contribution in [0.25, 0.3) is 0 Å². The standard InChI is InChI=1S/C30H32FN5O5/c1-34-12-9-30(29(34)41)10-13-35(14-11-30)17-18-5-6-19(21(31)15-18)16-32-22-4-2-3-20-25(22)28(40)36(27(20)39)23-7-8-24(37)33-26(23)38/h2-6,15,23,32H,7-14,16-17H2,1H3,(H,33,37,38). The zero-order chi connectivity index (χ0) is 28.9. The Hall–Kier alpha value is -4.12. The molecule has 4 heterocycles. The number of nitrogens with one attached hydrogen (secondary N) is 2. The first-order valence-corrected chi connectivity index (χ1v) is 14.0. The van der Waals surface area contributed by atoms with Crippen LogP contribution in [-0.2, 0) is 27.5 Å². The van der Waals surface area contributed by atoms with E-state index in [0.29, 0.717) is 17.8 Å². The van der Waals surface area contributed by atoms with Crippen molar-refractivity contribution in [3.8, 4) is 0 Å². The van der Waals surface area contributed by atoms with Gasteiger partial charge in [-0.05, 0) is 62.5 Å². The van der Waals surface area contributed by atoms with Crippen LogP contribution in [0.5, 0.6) is 0 Å². The largest absolute Gasteiger partial charge is 0.380 e. The molecule has 11 heteroatoms. The van der Waals surface area contributed by atoms with Gasteiger partial charge in [0.25, 0.3) is 11.8 Å². The molecule has 4 aliphatic rings. The van der Waals surface area contributed by atoms with Crippen LogP contribution in [0.2, 0.25) is 0 Å². The van der Waals surface area contributed by atoms with E-state index >= 15 is 4.39 Å². The summed E-state index contributed by atoms with van der Waals surface area (Å²) in [7, 11) is 1.86. The number of amides is 5. The number of anilines is 1. The summed E-state index contributed by atoms with van der Waals surface area (Å²) in [6.45, 7) is 3.10. The number of nitrogens with zero attached hydrogens (tertiary/aromatic N) is 3. The number of halogens is 1. The van der Waals surface area contributed by atoms with E-state index in [4.69, 9.17) is 0 Å². The molecule has 0 radical (unpaired) electrons. The lowest BCUT2D eigenvalue weighted by Gasteiger charge is -2.37. The molecule has 4 aliphatic heterocycles. The summed E-state index contributed by atoms with van der Waals surface area (Å²) < 4.78 is 15.1. The summed E-state index contributed by atoms with van der Waals surface area (Å²) in [5.74, 6) is -2.44. The van der Waals surface area contributed by atoms with Gasteiger partial charge < -0.3 is 10.2 Å². The zero-order valence-corrected chi connectivity index (χ0v) is 22.9. The van der Waals surface area contributed by atoms with E-state index < -0.39 is 29.7 Å². The Morgan fingerprint density at radius 3 is 2.44 bits per heavy atom. The summed E-state index contributed by atoms with van der Waals surface area (Å²) in [4.78, 5) is 67.8. The summed E-state index contributed by atoms with van der Waals surface area (Å²) in [5, 5.41) is 5.28. The summed E-state index contributed by atoms with van der Waals surface area (Å²) in [5.41, 5.74) is 1.69. The van der Waals surface area contributed by atoms with E-state index in [2.05, 4.69) is 15.5 Å². The topological polar surface area (TPSA) is 119 Å². The number of piperidine rings is 2. The second-order valence-corrected chi connectivity index (χ2v) is 11.5. The van der Waals surface area contributed by atoms with Crippen LogP contribution in [-0.4, -0.2) is 77.0 Å². The van der Waals surface area contributed by atoms with E-state index in [-0.39, 0.29) is 47.7 Å². The van der Waals surface area contributed by atoms with Gasteiger partial charge in [0.05, 0.1) is 16.5 Å². The Morgan fingerprint density at radius 1 is 1.00 bits per heavy atom. The van der Waals surface area contributed by atoms with Crippen molar-refractivity contribution < 1.29 is 28.4 Å². The van der Waals surface area contributed by atoms with Gasteiger partial charge in [-0.15, -0.1) is 0 Å². The van der Waals surface area contributed by atoms with Gasteiger partial charge in [0.2, 0.25) is 17.7 Å². The van der Waals surface area contributed by atoms with Crippen molar-refractivity contribution in [3.05, 3.63) is 64.5 Å². The first kappa shape index (κ1) is 27.1. The molecule has 1 spiro atoms. The number of hydrogen-bond donors (Lipinski definition) is 2. The van der Waals surface area contributed by atoms with Crippen LogP contribution in [0.4, 0.5) is 10.1 Å². The van der Waals surface area contributed by atoms with Gasteiger partial charge in [-0.2, -0.15) is 0 Å². The van der Waals surface area contributed by atoms with Gasteiger partial charge in [0.15, 0.2) is 0 Å². The average molecular weight is 562 g/mol. The lowest BCUT2D eigenvalue weighted by atomic mass is 9.77. The Balaban J connectivity index is 1.10. The molecule has 41 heavy (non-hydrogen) atoms. The molecule has 2 aromatic carbocycles. The lowest BCUT2D eigenvalue weighted by molar-refractivity contribution is -0.137. The van der Waals surface area contributed by atoms with Crippen LogP contribution in [0.15, 0.2) is 36.4 Å². The predicted octanol–water partition coefficient (Wildman–Crippen LogP) is 2.28. The van der Waals surface area contributed by atoms with Gasteiger partial charge in [-0.25, -0.2) is 4.39 Å². The molecule has 214 valence electrons. The fourth-order valence-corrected chi connectivity index (χ4v) is 6.54. The van der Waals surface area contributed by atoms with E-state index in [1.165, 1.54) is 12.1 Å². The van der Waals surface area contributed by atoms with E-state index in [1.54, 1.807) is 18.2 Å². The normalized spacial score (nSPS) is 22.5. The third-order valence-corrected chi connectivity index (χ3v) is 9.00. The molecule has 0 bridgehead atoms. The molecule has 6 rings (SSSR count). The number of carbonyl (C=O) groups excluding carboxylic acids is 5. The zero-order valence-electron chi connectivity index (χ0n) is 22.9. The van der Waals surface area contributed by atoms with Crippen LogP contribution in [0, 0.1) is 11.2 Å². The third kappa shape index (κ3) is 4.77. The van der Waals surface area contributed by atoms with Crippen molar-refractivity contribution in [2.45, 2.75) is 51.2 Å². The number of rotatable bonds is 6. The average Bonchev–Trinajstić information content (AvgIpc) is 3.37. The summed E-state index contributed by atoms with van der Waals surface area (Å²) >= 11 is 0. The van der Waals surface area contributed by atoms with Crippen molar-refractivity contribution in [2.75, 3.05) is 32.0 Å². The first-order valence-electron chi connectivity index (χ1n) is 14.0. The van der Waals surface area contributed by atoms with Crippen molar-refractivity contribution >= 4 is 35.2 Å². The van der Waals surface area contributed by atoms with Crippen molar-refractivity contribution in [1.82, 2.24) is 20.0 Å². The molecule has 3 fully saturated rings. The Bertz CT molecular complexity index is 1470. The highest BCUT2D eigenvalue weighted by atomic mass is 19.1. The van der Waals surface area contributed by atoms with E-state index in [0.717, 1.165) is 49.4 Å². The Labute approximate surface area is 236 Å². The SMILES string of the molecule is CN1CCC2(CCN(Cc3ccc(CNc4cccc5c4C(=O)N(C4CCC(=O)NC4=O)C5=O)c(F)c3)CC2)C1=O. The number of hydrogen-bond acceptors (Lipinski definition) is 7. The quantitative estimate of drug-likeness (QED) is 0.520. The predicted molar refractivity (Wildman–Crippen MR) is 146 cm³/mol. The van der Waals surface area contributed by atoms with Crippen LogP contribution >= 0.6 is 0 Å². The fraction of sp³-hybridized carbons (Fsp3) is 0.433. The minimum atomic E-state index is -1.05. The second kappa shape index (κ2) is 10.4. The molecule has 2 aromatic rings. The molecule has 1 atom stereocenters.